The molecule has 0 aliphatic carbocycles. The van der Waals surface area contributed by atoms with Crippen molar-refractivity contribution < 1.29 is 18.0 Å². The molecule has 3 rings (SSSR count). The number of thiazole rings is 1. The van der Waals surface area contributed by atoms with Gasteiger partial charge < -0.3 is 5.32 Å². The first-order valence-corrected chi connectivity index (χ1v) is 12.0. The third-order valence-electron chi connectivity index (χ3n) is 4.34. The number of ketones is 1. The molecule has 0 saturated heterocycles. The highest BCUT2D eigenvalue weighted by atomic mass is 35.5. The number of hydrogen-bond acceptors (Lipinski definition) is 6. The number of carbonyl (C=O) groups excluding carboxylic acids is 2. The first-order chi connectivity index (χ1) is 14.7. The molecule has 0 atom stereocenters. The van der Waals surface area contributed by atoms with Crippen molar-refractivity contribution in [3.05, 3.63) is 75.8 Å². The maximum Gasteiger partial charge on any atom is 0.240 e. The zero-order valence-corrected chi connectivity index (χ0v) is 19.0. The molecule has 2 aromatic carbocycles. The van der Waals surface area contributed by atoms with Crippen LogP contribution in [-0.2, 0) is 21.2 Å². The van der Waals surface area contributed by atoms with E-state index in [1.54, 1.807) is 6.20 Å². The third kappa shape index (κ3) is 6.44. The van der Waals surface area contributed by atoms with Gasteiger partial charge in [-0.05, 0) is 30.7 Å². The van der Waals surface area contributed by atoms with Gasteiger partial charge in [0.15, 0.2) is 10.9 Å². The van der Waals surface area contributed by atoms with E-state index in [2.05, 4.69) is 15.0 Å². The molecule has 31 heavy (non-hydrogen) atoms. The predicted octanol–water partition coefficient (Wildman–Crippen LogP) is 3.90. The van der Waals surface area contributed by atoms with Crippen molar-refractivity contribution in [1.82, 2.24) is 9.71 Å². The van der Waals surface area contributed by atoms with Crippen LogP contribution in [0, 0.1) is 0 Å². The van der Waals surface area contributed by atoms with Gasteiger partial charge in [-0.1, -0.05) is 41.9 Å². The van der Waals surface area contributed by atoms with Gasteiger partial charge in [-0.25, -0.2) is 18.1 Å². The summed E-state index contributed by atoms with van der Waals surface area (Å²) in [4.78, 5) is 28.6. The lowest BCUT2D eigenvalue weighted by atomic mass is 10.1. The average molecular weight is 478 g/mol. The van der Waals surface area contributed by atoms with Gasteiger partial charge in [-0.3, -0.25) is 9.59 Å². The maximum absolute atomic E-state index is 12.3. The van der Waals surface area contributed by atoms with Crippen molar-refractivity contribution in [3.8, 4) is 0 Å². The molecule has 1 aromatic heterocycles. The fourth-order valence-corrected chi connectivity index (χ4v) is 4.80. The van der Waals surface area contributed by atoms with Crippen molar-refractivity contribution >= 4 is 49.8 Å². The Morgan fingerprint density at radius 1 is 1.10 bits per heavy atom. The molecule has 1 amide bonds. The Balaban J connectivity index is 1.49. The van der Waals surface area contributed by atoms with Crippen LogP contribution < -0.4 is 10.0 Å². The van der Waals surface area contributed by atoms with Gasteiger partial charge in [-0.2, -0.15) is 0 Å². The van der Waals surface area contributed by atoms with Crippen molar-refractivity contribution in [3.63, 3.8) is 0 Å². The molecule has 1 heterocycles. The minimum Gasteiger partial charge on any atom is -0.302 e. The van der Waals surface area contributed by atoms with Gasteiger partial charge in [0.25, 0.3) is 0 Å². The number of aromatic nitrogens is 1. The Kier molecular flexibility index (Phi) is 7.55. The molecule has 3 aromatic rings. The molecule has 0 aliphatic rings. The average Bonchev–Trinajstić information content (AvgIpc) is 3.16. The van der Waals surface area contributed by atoms with E-state index >= 15 is 0 Å². The van der Waals surface area contributed by atoms with Gasteiger partial charge in [0.1, 0.15) is 0 Å². The van der Waals surface area contributed by atoms with Gasteiger partial charge >= 0.3 is 0 Å². The molecule has 0 radical (unpaired) electrons. The first kappa shape index (κ1) is 23.1. The summed E-state index contributed by atoms with van der Waals surface area (Å²) in [6.45, 7) is 1.34. The van der Waals surface area contributed by atoms with Crippen LogP contribution in [0.4, 0.5) is 5.13 Å². The summed E-state index contributed by atoms with van der Waals surface area (Å²) in [7, 11) is -3.77. The van der Waals surface area contributed by atoms with Crippen LogP contribution in [0.25, 0.3) is 0 Å². The van der Waals surface area contributed by atoms with Gasteiger partial charge in [0, 0.05) is 41.0 Å². The second kappa shape index (κ2) is 10.1. The standard InChI is InChI=1S/C21H20ClN3O4S2/c1-14(26)15-6-8-18(9-7-15)31(28,29)24-11-10-20(27)25-21-23-13-17(30-21)12-16-4-2-3-5-19(16)22/h2-9,13,24H,10-12H2,1H3,(H,23,25,27). The number of nitrogens with zero attached hydrogens (tertiary/aromatic N) is 1. The summed E-state index contributed by atoms with van der Waals surface area (Å²) in [5, 5.41) is 3.78. The summed E-state index contributed by atoms with van der Waals surface area (Å²) in [5.74, 6) is -0.501. The Morgan fingerprint density at radius 2 is 1.81 bits per heavy atom. The number of hydrogen-bond donors (Lipinski definition) is 2. The molecule has 7 nitrogen and oxygen atoms in total. The van der Waals surface area contributed by atoms with Crippen LogP contribution in [0.5, 0.6) is 0 Å². The van der Waals surface area contributed by atoms with Crippen LogP contribution in [0.15, 0.2) is 59.6 Å². The first-order valence-electron chi connectivity index (χ1n) is 9.33. The number of benzene rings is 2. The highest BCUT2D eigenvalue weighted by Crippen LogP contribution is 2.24. The van der Waals surface area contributed by atoms with Crippen molar-refractivity contribution in [2.24, 2.45) is 0 Å². The zero-order valence-electron chi connectivity index (χ0n) is 16.6. The number of amides is 1. The number of carbonyl (C=O) groups is 2. The Bertz CT molecular complexity index is 1190. The highest BCUT2D eigenvalue weighted by Gasteiger charge is 2.15. The zero-order chi connectivity index (χ0) is 22.4. The molecule has 10 heteroatoms. The lowest BCUT2D eigenvalue weighted by Gasteiger charge is -2.07. The number of rotatable bonds is 9. The molecule has 0 aliphatic heterocycles. The van der Waals surface area contributed by atoms with Gasteiger partial charge in [-0.15, -0.1) is 11.3 Å². The van der Waals surface area contributed by atoms with Crippen LogP contribution in [-0.4, -0.2) is 31.6 Å². The summed E-state index contributed by atoms with van der Waals surface area (Å²) < 4.78 is 27.0. The molecule has 0 spiro atoms. The number of anilines is 1. The van der Waals surface area contributed by atoms with Crippen molar-refractivity contribution in [1.29, 1.82) is 0 Å². The SMILES string of the molecule is CC(=O)c1ccc(S(=O)(=O)NCCC(=O)Nc2ncc(Cc3ccccc3Cl)s2)cc1. The van der Waals surface area contributed by atoms with E-state index in [0.717, 1.165) is 10.4 Å². The molecule has 0 fully saturated rings. The number of sulfonamides is 1. The summed E-state index contributed by atoms with van der Waals surface area (Å²) >= 11 is 7.50. The minimum atomic E-state index is -3.77. The topological polar surface area (TPSA) is 105 Å². The molecular weight excluding hydrogens is 458 g/mol. The smallest absolute Gasteiger partial charge is 0.240 e. The summed E-state index contributed by atoms with van der Waals surface area (Å²) in [5.41, 5.74) is 1.40. The monoisotopic (exact) mass is 477 g/mol. The predicted molar refractivity (Wildman–Crippen MR) is 121 cm³/mol. The molecular formula is C21H20ClN3O4S2. The van der Waals surface area contributed by atoms with Crippen LogP contribution in [0.3, 0.4) is 0 Å². The quantitative estimate of drug-likeness (QED) is 0.455. The molecule has 0 saturated carbocycles. The highest BCUT2D eigenvalue weighted by molar-refractivity contribution is 7.89. The van der Waals surface area contributed by atoms with Crippen LogP contribution >= 0.6 is 22.9 Å². The lowest BCUT2D eigenvalue weighted by Crippen LogP contribution is -2.27. The molecule has 0 bridgehead atoms. The maximum atomic E-state index is 12.3. The van der Waals surface area contributed by atoms with Gasteiger partial charge in [0.05, 0.1) is 4.90 Å². The summed E-state index contributed by atoms with van der Waals surface area (Å²) in [6.07, 6.45) is 2.23. The Hall–Kier alpha value is -2.59. The Morgan fingerprint density at radius 3 is 2.48 bits per heavy atom. The number of nitrogens with one attached hydrogen (secondary N) is 2. The van der Waals surface area contributed by atoms with E-state index in [-0.39, 0.29) is 29.6 Å². The molecule has 2 N–H and O–H groups in total. The van der Waals surface area contributed by atoms with E-state index in [1.165, 1.54) is 42.5 Å². The van der Waals surface area contributed by atoms with E-state index in [1.807, 2.05) is 24.3 Å². The molecule has 0 unspecified atom stereocenters. The fraction of sp³-hybridized carbons (Fsp3) is 0.190. The van der Waals surface area contributed by atoms with Crippen LogP contribution in [0.1, 0.15) is 34.1 Å². The van der Waals surface area contributed by atoms with Gasteiger partial charge in [0.2, 0.25) is 15.9 Å². The third-order valence-corrected chi connectivity index (χ3v) is 7.10. The second-order valence-electron chi connectivity index (χ2n) is 6.68. The van der Waals surface area contributed by atoms with E-state index < -0.39 is 10.0 Å². The van der Waals surface area contributed by atoms with Crippen molar-refractivity contribution in [2.75, 3.05) is 11.9 Å². The van der Waals surface area contributed by atoms with E-state index in [9.17, 15) is 18.0 Å². The summed E-state index contributed by atoms with van der Waals surface area (Å²) in [6, 6.07) is 13.1. The minimum absolute atomic E-state index is 0.0297. The number of Topliss-reactive ketones (excluding diaryl/α,β-unsaturated/α-hetero) is 1. The number of halogens is 1. The second-order valence-corrected chi connectivity index (χ2v) is 9.97. The van der Waals surface area contributed by atoms with E-state index in [4.69, 9.17) is 11.6 Å². The van der Waals surface area contributed by atoms with E-state index in [0.29, 0.717) is 22.1 Å². The van der Waals surface area contributed by atoms with Crippen LogP contribution in [0.2, 0.25) is 5.02 Å². The largest absolute Gasteiger partial charge is 0.302 e. The fourth-order valence-electron chi connectivity index (χ4n) is 2.71. The molecule has 162 valence electrons. The van der Waals surface area contributed by atoms with Crippen molar-refractivity contribution in [2.45, 2.75) is 24.7 Å². The lowest BCUT2D eigenvalue weighted by molar-refractivity contribution is -0.116. The Labute approximate surface area is 189 Å². The normalized spacial score (nSPS) is 11.3.